The Labute approximate surface area is 119 Å². The summed E-state index contributed by atoms with van der Waals surface area (Å²) >= 11 is 3.09. The number of halogens is 1. The van der Waals surface area contributed by atoms with E-state index in [0.29, 0.717) is 4.47 Å². The van der Waals surface area contributed by atoms with Gasteiger partial charge in [0.25, 0.3) is 0 Å². The predicted molar refractivity (Wildman–Crippen MR) is 70.9 cm³/mol. The molecular formula is C11H11BrN2O4S. The molecule has 0 aromatic heterocycles. The van der Waals surface area contributed by atoms with E-state index in [0.717, 1.165) is 11.4 Å². The topological polar surface area (TPSA) is 98.5 Å². The van der Waals surface area contributed by atoms with Crippen LogP contribution in [0.3, 0.4) is 0 Å². The Kier molecular flexibility index (Phi) is 4.68. The molecule has 102 valence electrons. The first-order chi connectivity index (χ1) is 8.73. The highest BCUT2D eigenvalue weighted by Crippen LogP contribution is 2.26. The van der Waals surface area contributed by atoms with Gasteiger partial charge in [0.2, 0.25) is 10.0 Å². The lowest BCUT2D eigenvalue weighted by atomic mass is 10.2. The molecule has 0 aliphatic rings. The molecule has 0 saturated carbocycles. The van der Waals surface area contributed by atoms with Crippen molar-refractivity contribution >= 4 is 31.9 Å². The first kappa shape index (κ1) is 15.6. The molecular weight excluding hydrogens is 336 g/mol. The zero-order chi connectivity index (χ0) is 14.8. The number of benzene rings is 1. The SMILES string of the molecule is CC(C(=O)O)N(C)S(=O)(=O)c1cccc(Br)c1C#N. The van der Waals surface area contributed by atoms with Crippen LogP contribution in [0.4, 0.5) is 0 Å². The molecule has 0 spiro atoms. The Morgan fingerprint density at radius 2 is 2.11 bits per heavy atom. The normalized spacial score (nSPS) is 13.0. The van der Waals surface area contributed by atoms with Gasteiger partial charge in [-0.25, -0.2) is 8.42 Å². The first-order valence-corrected chi connectivity index (χ1v) is 7.36. The molecule has 1 unspecified atom stereocenters. The Bertz CT molecular complexity index is 651. The highest BCUT2D eigenvalue weighted by molar-refractivity contribution is 9.10. The Morgan fingerprint density at radius 1 is 1.53 bits per heavy atom. The van der Waals surface area contributed by atoms with Gasteiger partial charge in [0.05, 0.1) is 5.56 Å². The molecule has 1 rings (SSSR count). The number of likely N-dealkylation sites (N-methyl/N-ethyl adjacent to an activating group) is 1. The third kappa shape index (κ3) is 2.94. The number of sulfonamides is 1. The molecule has 8 heteroatoms. The van der Waals surface area contributed by atoms with Gasteiger partial charge in [0.1, 0.15) is 17.0 Å². The maximum absolute atomic E-state index is 12.3. The van der Waals surface area contributed by atoms with Crippen LogP contribution in [0.5, 0.6) is 0 Å². The Hall–Kier alpha value is -1.43. The van der Waals surface area contributed by atoms with Crippen molar-refractivity contribution in [3.63, 3.8) is 0 Å². The number of hydrogen-bond acceptors (Lipinski definition) is 4. The molecule has 0 amide bonds. The fourth-order valence-corrected chi connectivity index (χ4v) is 3.41. The van der Waals surface area contributed by atoms with Crippen LogP contribution in [0.1, 0.15) is 12.5 Å². The Balaban J connectivity index is 3.41. The molecule has 0 saturated heterocycles. The number of rotatable bonds is 4. The van der Waals surface area contributed by atoms with Crippen molar-refractivity contribution in [1.82, 2.24) is 4.31 Å². The number of aliphatic carboxylic acids is 1. The summed E-state index contributed by atoms with van der Waals surface area (Å²) < 4.78 is 25.7. The predicted octanol–water partition coefficient (Wildman–Crippen LogP) is 1.41. The quantitative estimate of drug-likeness (QED) is 0.888. The monoisotopic (exact) mass is 346 g/mol. The number of nitriles is 1. The lowest BCUT2D eigenvalue weighted by Crippen LogP contribution is -2.40. The van der Waals surface area contributed by atoms with Crippen LogP contribution < -0.4 is 0 Å². The molecule has 1 aromatic carbocycles. The summed E-state index contributed by atoms with van der Waals surface area (Å²) in [6.07, 6.45) is 0. The van der Waals surface area contributed by atoms with E-state index in [2.05, 4.69) is 15.9 Å². The minimum atomic E-state index is -4.05. The molecule has 19 heavy (non-hydrogen) atoms. The summed E-state index contributed by atoms with van der Waals surface area (Å²) in [5, 5.41) is 17.9. The lowest BCUT2D eigenvalue weighted by Gasteiger charge is -2.21. The maximum Gasteiger partial charge on any atom is 0.321 e. The summed E-state index contributed by atoms with van der Waals surface area (Å²) in [6, 6.07) is 4.84. The second-order valence-corrected chi connectivity index (χ2v) is 6.58. The summed E-state index contributed by atoms with van der Waals surface area (Å²) in [4.78, 5) is 10.6. The van der Waals surface area contributed by atoms with Crippen molar-refractivity contribution in [2.45, 2.75) is 17.9 Å². The van der Waals surface area contributed by atoms with Gasteiger partial charge in [-0.15, -0.1) is 0 Å². The summed E-state index contributed by atoms with van der Waals surface area (Å²) in [5.74, 6) is -1.26. The van der Waals surface area contributed by atoms with Gasteiger partial charge in [0.15, 0.2) is 0 Å². The third-order valence-electron chi connectivity index (χ3n) is 2.65. The molecule has 0 heterocycles. The summed E-state index contributed by atoms with van der Waals surface area (Å²) in [5.41, 5.74) is -0.0491. The van der Waals surface area contributed by atoms with E-state index in [1.54, 1.807) is 6.07 Å². The first-order valence-electron chi connectivity index (χ1n) is 5.13. The zero-order valence-electron chi connectivity index (χ0n) is 10.2. The molecule has 1 atom stereocenters. The highest BCUT2D eigenvalue weighted by atomic mass is 79.9. The molecule has 0 aliphatic heterocycles. The van der Waals surface area contributed by atoms with Gasteiger partial charge in [-0.2, -0.15) is 9.57 Å². The lowest BCUT2D eigenvalue weighted by molar-refractivity contribution is -0.140. The molecule has 0 fully saturated rings. The van der Waals surface area contributed by atoms with Crippen LogP contribution >= 0.6 is 15.9 Å². The van der Waals surface area contributed by atoms with Gasteiger partial charge in [0, 0.05) is 11.5 Å². The van der Waals surface area contributed by atoms with E-state index in [-0.39, 0.29) is 10.5 Å². The van der Waals surface area contributed by atoms with Crippen molar-refractivity contribution in [2.24, 2.45) is 0 Å². The standard InChI is InChI=1S/C11H11BrN2O4S/c1-7(11(15)16)14(2)19(17,18)10-5-3-4-9(12)8(10)6-13/h3-5,7H,1-2H3,(H,15,16). The number of carbonyl (C=O) groups is 1. The summed E-state index contributed by atoms with van der Waals surface area (Å²) in [6.45, 7) is 1.25. The van der Waals surface area contributed by atoms with Gasteiger partial charge in [-0.1, -0.05) is 6.07 Å². The fourth-order valence-electron chi connectivity index (χ4n) is 1.35. The average molecular weight is 347 g/mol. The van der Waals surface area contributed by atoms with E-state index in [9.17, 15) is 13.2 Å². The van der Waals surface area contributed by atoms with Gasteiger partial charge >= 0.3 is 5.97 Å². The smallest absolute Gasteiger partial charge is 0.321 e. The molecule has 0 bridgehead atoms. The summed E-state index contributed by atoms with van der Waals surface area (Å²) in [7, 11) is -2.89. The van der Waals surface area contributed by atoms with E-state index >= 15 is 0 Å². The minimum Gasteiger partial charge on any atom is -0.480 e. The molecule has 6 nitrogen and oxygen atoms in total. The van der Waals surface area contributed by atoms with E-state index in [1.165, 1.54) is 25.1 Å². The van der Waals surface area contributed by atoms with Crippen LogP contribution in [0.2, 0.25) is 0 Å². The maximum atomic E-state index is 12.3. The molecule has 1 N–H and O–H groups in total. The van der Waals surface area contributed by atoms with Crippen LogP contribution in [-0.4, -0.2) is 36.9 Å². The second kappa shape index (κ2) is 5.69. The Morgan fingerprint density at radius 3 is 2.58 bits per heavy atom. The van der Waals surface area contributed by atoms with E-state index < -0.39 is 22.0 Å². The van der Waals surface area contributed by atoms with Crippen molar-refractivity contribution in [3.05, 3.63) is 28.2 Å². The largest absolute Gasteiger partial charge is 0.480 e. The second-order valence-electron chi connectivity index (χ2n) is 3.76. The number of carboxylic acids is 1. The van der Waals surface area contributed by atoms with Crippen LogP contribution in [-0.2, 0) is 14.8 Å². The van der Waals surface area contributed by atoms with Crippen molar-refractivity contribution in [1.29, 1.82) is 5.26 Å². The number of carboxylic acid groups (broad SMARTS) is 1. The molecule has 0 radical (unpaired) electrons. The van der Waals surface area contributed by atoms with Crippen LogP contribution in [0.15, 0.2) is 27.6 Å². The van der Waals surface area contributed by atoms with Crippen molar-refractivity contribution in [3.8, 4) is 6.07 Å². The fraction of sp³-hybridized carbons (Fsp3) is 0.273. The van der Waals surface area contributed by atoms with E-state index in [1.807, 2.05) is 0 Å². The number of hydrogen-bond donors (Lipinski definition) is 1. The van der Waals surface area contributed by atoms with Crippen molar-refractivity contribution in [2.75, 3.05) is 7.05 Å². The molecule has 0 aliphatic carbocycles. The minimum absolute atomic E-state index is 0.0491. The van der Waals surface area contributed by atoms with Crippen molar-refractivity contribution < 1.29 is 18.3 Å². The third-order valence-corrected chi connectivity index (χ3v) is 5.28. The average Bonchev–Trinajstić information content (AvgIpc) is 2.36. The van der Waals surface area contributed by atoms with Gasteiger partial charge in [-0.3, -0.25) is 4.79 Å². The van der Waals surface area contributed by atoms with Gasteiger partial charge < -0.3 is 5.11 Å². The zero-order valence-corrected chi connectivity index (χ0v) is 12.6. The van der Waals surface area contributed by atoms with E-state index in [4.69, 9.17) is 10.4 Å². The van der Waals surface area contributed by atoms with Crippen LogP contribution in [0, 0.1) is 11.3 Å². The highest BCUT2D eigenvalue weighted by Gasteiger charge is 2.31. The molecule has 1 aromatic rings. The van der Waals surface area contributed by atoms with Crippen LogP contribution in [0.25, 0.3) is 0 Å². The van der Waals surface area contributed by atoms with Gasteiger partial charge in [-0.05, 0) is 35.0 Å². The number of nitrogens with zero attached hydrogens (tertiary/aromatic N) is 2.